The molecule has 344 valence electrons. The Balaban J connectivity index is 4.19. The summed E-state index contributed by atoms with van der Waals surface area (Å²) in [6.07, 6.45) is 3.28. The van der Waals surface area contributed by atoms with Crippen molar-refractivity contribution in [3.63, 3.8) is 0 Å². The number of hydrogen-bond acceptors (Lipinski definition) is 21. The fourth-order valence-electron chi connectivity index (χ4n) is 5.72. The molecule has 0 saturated heterocycles. The summed E-state index contributed by atoms with van der Waals surface area (Å²) in [5.41, 5.74) is 0. The van der Waals surface area contributed by atoms with Gasteiger partial charge >= 0.3 is 0 Å². The molecule has 0 heterocycles. The molecular weight excluding hydrogens is 889 g/mol. The molecule has 0 aromatic rings. The van der Waals surface area contributed by atoms with Gasteiger partial charge in [-0.05, 0) is 59.5 Å². The molecule has 0 unspecified atom stereocenters. The molecule has 0 fully saturated rings. The second-order valence-electron chi connectivity index (χ2n) is 14.6. The van der Waals surface area contributed by atoms with Gasteiger partial charge in [0.1, 0.15) is 0 Å². The van der Waals surface area contributed by atoms with Crippen LogP contribution in [-0.2, 0) is 0 Å². The summed E-state index contributed by atoms with van der Waals surface area (Å²) in [5, 5.41) is 42.8. The van der Waals surface area contributed by atoms with Crippen LogP contribution >= 0.6 is 114 Å². The average molecular weight is 976 g/mol. The van der Waals surface area contributed by atoms with Crippen molar-refractivity contribution < 1.29 is 0 Å². The van der Waals surface area contributed by atoms with Gasteiger partial charge in [0.15, 0.2) is 0 Å². The normalized spacial score (nSPS) is 16.9. The van der Waals surface area contributed by atoms with Gasteiger partial charge < -0.3 is 63.8 Å². The van der Waals surface area contributed by atoms with Gasteiger partial charge in [0.25, 0.3) is 0 Å². The number of likely N-dealkylation sites (N-methyl/N-ethyl adjacent to an activating group) is 2. The lowest BCUT2D eigenvalue weighted by molar-refractivity contribution is 0.418. The summed E-state index contributed by atoms with van der Waals surface area (Å²) in [7, 11) is 3.94. The van der Waals surface area contributed by atoms with E-state index in [1.54, 1.807) is 0 Å². The molecule has 0 aliphatic heterocycles. The van der Waals surface area contributed by atoms with Gasteiger partial charge in [0.05, 0.1) is 0 Å². The number of hydrogen-bond donors (Lipinski definition) is 21. The van der Waals surface area contributed by atoms with Crippen LogP contribution in [0.15, 0.2) is 0 Å². The van der Waals surface area contributed by atoms with Gasteiger partial charge in [0, 0.05) is 165 Å². The third-order valence-electron chi connectivity index (χ3n) is 9.72. The Morgan fingerprint density at radius 3 is 0.877 bits per heavy atom. The van der Waals surface area contributed by atoms with Crippen LogP contribution in [0.4, 0.5) is 0 Å². The van der Waals surface area contributed by atoms with Gasteiger partial charge in [-0.15, -0.1) is 0 Å². The van der Waals surface area contributed by atoms with E-state index in [1.807, 2.05) is 14.1 Å². The van der Waals surface area contributed by atoms with Crippen molar-refractivity contribution in [3.05, 3.63) is 0 Å². The molecule has 0 amide bonds. The number of thiol groups is 9. The monoisotopic (exact) mass is 974 g/mol. The first kappa shape index (κ1) is 59.7. The largest absolute Gasteiger partial charge is 0.318 e. The minimum Gasteiger partial charge on any atom is -0.318 e. The molecule has 21 heteroatoms. The summed E-state index contributed by atoms with van der Waals surface area (Å²) < 4.78 is 0. The van der Waals surface area contributed by atoms with E-state index in [9.17, 15) is 0 Å². The van der Waals surface area contributed by atoms with E-state index in [0.717, 1.165) is 156 Å². The fraction of sp³-hybridized carbons (Fsp3) is 1.00. The predicted octanol–water partition coefficient (Wildman–Crippen LogP) is -0.823. The van der Waals surface area contributed by atoms with Crippen LogP contribution in [0.25, 0.3) is 0 Å². The van der Waals surface area contributed by atoms with Crippen LogP contribution in [0.1, 0.15) is 19.3 Å². The van der Waals surface area contributed by atoms with Crippen LogP contribution < -0.4 is 63.8 Å². The van der Waals surface area contributed by atoms with Gasteiger partial charge in [0.2, 0.25) is 0 Å². The molecule has 0 aliphatic rings. The first-order valence-electron chi connectivity index (χ1n) is 20.9. The second kappa shape index (κ2) is 43.9. The van der Waals surface area contributed by atoms with E-state index in [4.69, 9.17) is 0 Å². The summed E-state index contributed by atoms with van der Waals surface area (Å²) in [6, 6.07) is 2.78. The zero-order valence-electron chi connectivity index (χ0n) is 34.9. The van der Waals surface area contributed by atoms with E-state index >= 15 is 0 Å². The van der Waals surface area contributed by atoms with E-state index < -0.39 is 0 Å². The molecule has 0 bridgehead atoms. The van der Waals surface area contributed by atoms with Crippen molar-refractivity contribution in [2.45, 2.75) is 73.6 Å². The molecule has 0 aromatic heterocycles. The van der Waals surface area contributed by atoms with E-state index in [0.29, 0.717) is 48.3 Å². The van der Waals surface area contributed by atoms with E-state index in [-0.39, 0.29) is 6.04 Å². The lowest BCUT2D eigenvalue weighted by Crippen LogP contribution is -2.51. The molecule has 0 saturated carbocycles. The summed E-state index contributed by atoms with van der Waals surface area (Å²) in [5.74, 6) is 7.04. The Bertz CT molecular complexity index is 839. The first-order chi connectivity index (χ1) is 27.8. The predicted molar refractivity (Wildman–Crippen MR) is 285 cm³/mol. The third kappa shape index (κ3) is 33.8. The maximum absolute atomic E-state index is 4.63. The minimum atomic E-state index is 0.264. The standard InChI is InChI=1S/C36H86N12S9/c1-37-10-29(20-50)44-16-35(26-56)47-14-32(23-53)41-8-4-3-6-39-11-30(21-51)46-18-36(27-57)48-15-33(24-54)42-9-5-7-40-12-31(22-52)45-17-34(25-55)43-13-28(19-49)38-2/h28-57H,3-27H2,1-2H3/t28-,29-,30-,31-,32-,33-,34-,35-,36-/m1/s1. The third-order valence-corrected chi connectivity index (χ3v) is 13.7. The Hall–Kier alpha value is 2.67. The van der Waals surface area contributed by atoms with Gasteiger partial charge in [-0.25, -0.2) is 0 Å². The Labute approximate surface area is 399 Å². The maximum atomic E-state index is 4.63. The van der Waals surface area contributed by atoms with Crippen LogP contribution in [0.3, 0.4) is 0 Å². The molecule has 12 nitrogen and oxygen atoms in total. The van der Waals surface area contributed by atoms with Crippen molar-refractivity contribution in [2.24, 2.45) is 0 Å². The second-order valence-corrected chi connectivity index (χ2v) is 17.9. The molecule has 12 N–H and O–H groups in total. The molecule has 0 aliphatic carbocycles. The molecule has 0 rings (SSSR count). The van der Waals surface area contributed by atoms with E-state index in [1.165, 1.54) is 0 Å². The molecular formula is C36H86N12S9. The summed E-state index contributed by atoms with van der Waals surface area (Å²) >= 11 is 40.9. The van der Waals surface area contributed by atoms with Gasteiger partial charge in [-0.1, -0.05) is 0 Å². The van der Waals surface area contributed by atoms with Gasteiger partial charge in [-0.2, -0.15) is 114 Å². The fourth-order valence-corrected chi connectivity index (χ4v) is 8.10. The lowest BCUT2D eigenvalue weighted by atomic mass is 10.2. The molecule has 0 spiro atoms. The topological polar surface area (TPSA) is 144 Å². The first-order valence-corrected chi connectivity index (χ1v) is 26.6. The van der Waals surface area contributed by atoms with Crippen LogP contribution in [0, 0.1) is 0 Å². The summed E-state index contributed by atoms with van der Waals surface area (Å²) in [4.78, 5) is 0. The quantitative estimate of drug-likeness (QED) is 0.0274. The van der Waals surface area contributed by atoms with Crippen molar-refractivity contribution in [1.29, 1.82) is 0 Å². The maximum Gasteiger partial charge on any atom is 0.0281 e. The highest BCUT2D eigenvalue weighted by Crippen LogP contribution is 1.98. The highest BCUT2D eigenvalue weighted by atomic mass is 32.1. The van der Waals surface area contributed by atoms with E-state index in [2.05, 4.69) is 177 Å². The smallest absolute Gasteiger partial charge is 0.0281 e. The highest BCUT2D eigenvalue weighted by molar-refractivity contribution is 7.81. The van der Waals surface area contributed by atoms with Crippen molar-refractivity contribution in [3.8, 4) is 0 Å². The highest BCUT2D eigenvalue weighted by Gasteiger charge is 2.16. The van der Waals surface area contributed by atoms with Crippen LogP contribution in [0.5, 0.6) is 0 Å². The SMILES string of the molecule is CNC[C@H](CS)NC[C@H](CS)NC[C@H](CS)NCCCCNC[C@H](CS)NC[C@H](CS)NC[C@H](CS)NCCCNC[C@H](CS)NC[C@H](CS)NC[C@H](CS)NC. The Morgan fingerprint density at radius 1 is 0.281 bits per heavy atom. The number of unbranched alkanes of at least 4 members (excludes halogenated alkanes) is 1. The average Bonchev–Trinajstić information content (AvgIpc) is 3.24. The Morgan fingerprint density at radius 2 is 0.544 bits per heavy atom. The molecule has 0 radical (unpaired) electrons. The van der Waals surface area contributed by atoms with Crippen molar-refractivity contribution in [2.75, 3.05) is 151 Å². The van der Waals surface area contributed by atoms with Crippen molar-refractivity contribution >= 4 is 114 Å². The molecule has 0 aromatic carbocycles. The van der Waals surface area contributed by atoms with Crippen LogP contribution in [0.2, 0.25) is 0 Å². The zero-order chi connectivity index (χ0) is 42.4. The van der Waals surface area contributed by atoms with Crippen molar-refractivity contribution in [1.82, 2.24) is 63.8 Å². The van der Waals surface area contributed by atoms with Crippen LogP contribution in [-0.4, -0.2) is 205 Å². The number of rotatable bonds is 45. The van der Waals surface area contributed by atoms with Gasteiger partial charge in [-0.3, -0.25) is 0 Å². The number of nitrogens with one attached hydrogen (secondary N) is 12. The minimum absolute atomic E-state index is 0.264. The zero-order valence-corrected chi connectivity index (χ0v) is 42.9. The lowest BCUT2D eigenvalue weighted by Gasteiger charge is -2.25. The molecule has 9 atom stereocenters. The summed E-state index contributed by atoms with van der Waals surface area (Å²) in [6.45, 7) is 11.7. The molecule has 57 heavy (non-hydrogen) atoms. The Kier molecular flexibility index (Phi) is 46.0.